The number of ether oxygens (including phenoxy) is 1. The summed E-state index contributed by atoms with van der Waals surface area (Å²) >= 11 is 11.7. The predicted molar refractivity (Wildman–Crippen MR) is 77.3 cm³/mol. The van der Waals surface area contributed by atoms with Crippen molar-refractivity contribution < 1.29 is 17.3 Å². The number of halogens is 2. The van der Waals surface area contributed by atoms with Gasteiger partial charge in [-0.15, -0.1) is 0 Å². The SMILES string of the molecule is COc1cccc(OS(=O)(=O)c2c(Cl)cccc2Cl)c1. The lowest BCUT2D eigenvalue weighted by atomic mass is 10.3. The van der Waals surface area contributed by atoms with Crippen LogP contribution in [0.15, 0.2) is 47.4 Å². The minimum absolute atomic E-state index is 0.000367. The summed E-state index contributed by atoms with van der Waals surface area (Å²) in [5.41, 5.74) is 0. The van der Waals surface area contributed by atoms with Gasteiger partial charge in [0.05, 0.1) is 17.2 Å². The Kier molecular flexibility index (Phi) is 4.42. The fourth-order valence-corrected chi connectivity index (χ4v) is 3.56. The lowest BCUT2D eigenvalue weighted by molar-refractivity contribution is 0.411. The van der Waals surface area contributed by atoms with Gasteiger partial charge < -0.3 is 8.92 Å². The van der Waals surface area contributed by atoms with Crippen LogP contribution in [0.3, 0.4) is 0 Å². The number of methoxy groups -OCH3 is 1. The van der Waals surface area contributed by atoms with Crippen molar-refractivity contribution in [3.63, 3.8) is 0 Å². The molecule has 0 saturated heterocycles. The Morgan fingerprint density at radius 3 is 2.10 bits per heavy atom. The van der Waals surface area contributed by atoms with Gasteiger partial charge in [0, 0.05) is 6.07 Å². The van der Waals surface area contributed by atoms with Crippen LogP contribution in [0, 0.1) is 0 Å². The lowest BCUT2D eigenvalue weighted by Crippen LogP contribution is -2.11. The van der Waals surface area contributed by atoms with E-state index in [-0.39, 0.29) is 20.7 Å². The van der Waals surface area contributed by atoms with E-state index in [2.05, 4.69) is 0 Å². The van der Waals surface area contributed by atoms with E-state index in [0.29, 0.717) is 5.75 Å². The van der Waals surface area contributed by atoms with Crippen molar-refractivity contribution in [2.45, 2.75) is 4.90 Å². The van der Waals surface area contributed by atoms with Gasteiger partial charge in [0.25, 0.3) is 0 Å². The summed E-state index contributed by atoms with van der Waals surface area (Å²) in [6, 6.07) is 10.6. The van der Waals surface area contributed by atoms with E-state index in [0.717, 1.165) is 0 Å². The quantitative estimate of drug-likeness (QED) is 0.799. The third-order valence-electron chi connectivity index (χ3n) is 2.42. The summed E-state index contributed by atoms with van der Waals surface area (Å²) in [5.74, 6) is 0.586. The molecule has 7 heteroatoms. The van der Waals surface area contributed by atoms with Gasteiger partial charge in [-0.25, -0.2) is 0 Å². The van der Waals surface area contributed by atoms with Crippen LogP contribution in [-0.2, 0) is 10.1 Å². The Morgan fingerprint density at radius 2 is 1.50 bits per heavy atom. The van der Waals surface area contributed by atoms with Crippen LogP contribution in [0.4, 0.5) is 0 Å². The molecule has 2 rings (SSSR count). The Labute approximate surface area is 127 Å². The van der Waals surface area contributed by atoms with Gasteiger partial charge in [-0.2, -0.15) is 8.42 Å². The molecule has 0 N–H and O–H groups in total. The van der Waals surface area contributed by atoms with Gasteiger partial charge in [-0.3, -0.25) is 0 Å². The molecule has 4 nitrogen and oxygen atoms in total. The van der Waals surface area contributed by atoms with E-state index < -0.39 is 10.1 Å². The third kappa shape index (κ3) is 3.17. The predicted octanol–water partition coefficient (Wildman–Crippen LogP) is 3.77. The maximum Gasteiger partial charge on any atom is 0.342 e. The molecule has 0 aromatic heterocycles. The van der Waals surface area contributed by atoms with Crippen LogP contribution < -0.4 is 8.92 Å². The number of rotatable bonds is 4. The molecule has 0 fully saturated rings. The molecule has 0 spiro atoms. The van der Waals surface area contributed by atoms with Gasteiger partial charge >= 0.3 is 10.1 Å². The van der Waals surface area contributed by atoms with Gasteiger partial charge in [0.1, 0.15) is 16.4 Å². The Morgan fingerprint density at radius 1 is 0.950 bits per heavy atom. The second-order valence-electron chi connectivity index (χ2n) is 3.77. The second kappa shape index (κ2) is 5.91. The highest BCUT2D eigenvalue weighted by atomic mass is 35.5. The molecule has 0 heterocycles. The standard InChI is InChI=1S/C13H10Cl2O4S/c1-18-9-4-2-5-10(8-9)19-20(16,17)13-11(14)6-3-7-12(13)15/h2-8H,1H3. The van der Waals surface area contributed by atoms with Crippen LogP contribution in [0.1, 0.15) is 0 Å². The van der Waals surface area contributed by atoms with Crippen molar-refractivity contribution in [3.05, 3.63) is 52.5 Å². The summed E-state index contributed by atoms with van der Waals surface area (Å²) < 4.78 is 34.4. The van der Waals surface area contributed by atoms with Crippen molar-refractivity contribution in [2.24, 2.45) is 0 Å². The molecule has 0 amide bonds. The molecule has 0 atom stereocenters. The van der Waals surface area contributed by atoms with E-state index in [1.807, 2.05) is 0 Å². The first-order chi connectivity index (χ1) is 9.44. The highest BCUT2D eigenvalue weighted by molar-refractivity contribution is 7.87. The van der Waals surface area contributed by atoms with Gasteiger partial charge in [0.15, 0.2) is 0 Å². The second-order valence-corrected chi connectivity index (χ2v) is 6.06. The van der Waals surface area contributed by atoms with E-state index in [1.54, 1.807) is 18.2 Å². The first-order valence-electron chi connectivity index (χ1n) is 5.46. The van der Waals surface area contributed by atoms with Crippen molar-refractivity contribution in [1.82, 2.24) is 0 Å². The zero-order chi connectivity index (χ0) is 14.8. The molecule has 0 unspecified atom stereocenters. The molecule has 0 bridgehead atoms. The molecule has 0 aliphatic rings. The topological polar surface area (TPSA) is 52.6 Å². The molecular formula is C13H10Cl2O4S. The minimum Gasteiger partial charge on any atom is -0.497 e. The first-order valence-corrected chi connectivity index (χ1v) is 7.63. The van der Waals surface area contributed by atoms with E-state index >= 15 is 0 Å². The molecule has 0 saturated carbocycles. The summed E-state index contributed by atoms with van der Waals surface area (Å²) in [4.78, 5) is -0.258. The zero-order valence-corrected chi connectivity index (χ0v) is 12.7. The molecular weight excluding hydrogens is 323 g/mol. The zero-order valence-electron chi connectivity index (χ0n) is 10.3. The van der Waals surface area contributed by atoms with Crippen molar-refractivity contribution >= 4 is 33.3 Å². The van der Waals surface area contributed by atoms with Crippen LogP contribution in [0.2, 0.25) is 10.0 Å². The largest absolute Gasteiger partial charge is 0.497 e. The monoisotopic (exact) mass is 332 g/mol. The average Bonchev–Trinajstić information content (AvgIpc) is 2.37. The highest BCUT2D eigenvalue weighted by Crippen LogP contribution is 2.31. The Hall–Kier alpha value is -1.43. The third-order valence-corrected chi connectivity index (χ3v) is 4.62. The smallest absolute Gasteiger partial charge is 0.342 e. The van der Waals surface area contributed by atoms with E-state index in [1.165, 1.54) is 31.4 Å². The summed E-state index contributed by atoms with van der Waals surface area (Å²) in [6.45, 7) is 0. The van der Waals surface area contributed by atoms with E-state index in [9.17, 15) is 8.42 Å². The van der Waals surface area contributed by atoms with Crippen molar-refractivity contribution in [3.8, 4) is 11.5 Å². The molecule has 0 aliphatic carbocycles. The van der Waals surface area contributed by atoms with Gasteiger partial charge in [0.2, 0.25) is 0 Å². The molecule has 2 aromatic rings. The first kappa shape index (κ1) is 15.0. The molecule has 2 aromatic carbocycles. The highest BCUT2D eigenvalue weighted by Gasteiger charge is 2.23. The molecule has 0 aliphatic heterocycles. The normalized spacial score (nSPS) is 11.2. The molecule has 20 heavy (non-hydrogen) atoms. The fraction of sp³-hybridized carbons (Fsp3) is 0.0769. The van der Waals surface area contributed by atoms with Crippen molar-refractivity contribution in [2.75, 3.05) is 7.11 Å². The van der Waals surface area contributed by atoms with Gasteiger partial charge in [-0.05, 0) is 24.3 Å². The average molecular weight is 333 g/mol. The Bertz CT molecular complexity index is 709. The van der Waals surface area contributed by atoms with Crippen molar-refractivity contribution in [1.29, 1.82) is 0 Å². The number of benzene rings is 2. The maximum absolute atomic E-state index is 12.2. The Balaban J connectivity index is 2.41. The van der Waals surface area contributed by atoms with Crippen LogP contribution in [0.25, 0.3) is 0 Å². The van der Waals surface area contributed by atoms with Gasteiger partial charge in [-0.1, -0.05) is 35.3 Å². The summed E-state index contributed by atoms with van der Waals surface area (Å²) in [6.07, 6.45) is 0. The number of hydrogen-bond acceptors (Lipinski definition) is 4. The molecule has 0 radical (unpaired) electrons. The fourth-order valence-electron chi connectivity index (χ4n) is 1.54. The van der Waals surface area contributed by atoms with Crippen LogP contribution in [-0.4, -0.2) is 15.5 Å². The van der Waals surface area contributed by atoms with Crippen LogP contribution >= 0.6 is 23.2 Å². The summed E-state index contributed by atoms with van der Waals surface area (Å²) in [5, 5.41) is 0.000734. The molecule has 106 valence electrons. The van der Waals surface area contributed by atoms with Crippen LogP contribution in [0.5, 0.6) is 11.5 Å². The maximum atomic E-state index is 12.2. The van der Waals surface area contributed by atoms with E-state index in [4.69, 9.17) is 32.1 Å². The lowest BCUT2D eigenvalue weighted by Gasteiger charge is -2.10. The number of hydrogen-bond donors (Lipinski definition) is 0. The summed E-state index contributed by atoms with van der Waals surface area (Å²) in [7, 11) is -2.65. The minimum atomic E-state index is -4.12.